The molecule has 3 nitrogen and oxygen atoms in total. The average Bonchev–Trinajstić information content (AvgIpc) is 2.65. The van der Waals surface area contributed by atoms with E-state index in [1.165, 1.54) is 0 Å². The maximum Gasteiger partial charge on any atom is 0.224 e. The lowest BCUT2D eigenvalue weighted by Crippen LogP contribution is -2.47. The van der Waals surface area contributed by atoms with Crippen molar-refractivity contribution < 1.29 is 9.90 Å². The molecule has 1 aromatic rings. The van der Waals surface area contributed by atoms with Gasteiger partial charge in [-0.1, -0.05) is 29.8 Å². The van der Waals surface area contributed by atoms with Crippen molar-refractivity contribution in [2.75, 3.05) is 29.6 Å². The molecule has 0 unspecified atom stereocenters. The van der Waals surface area contributed by atoms with Crippen LogP contribution in [0, 0.1) is 0 Å². The highest BCUT2D eigenvalue weighted by Gasteiger charge is 2.29. The fraction of sp³-hybridized carbons (Fsp3) is 0.500. The van der Waals surface area contributed by atoms with Crippen molar-refractivity contribution in [3.63, 3.8) is 0 Å². The Morgan fingerprint density at radius 3 is 2.60 bits per heavy atom. The number of rotatable bonds is 4. The van der Waals surface area contributed by atoms with Gasteiger partial charge in [0.05, 0.1) is 12.0 Å². The van der Waals surface area contributed by atoms with Crippen LogP contribution in [0.3, 0.4) is 0 Å². The van der Waals surface area contributed by atoms with Gasteiger partial charge >= 0.3 is 0 Å². The number of halogens is 1. The van der Waals surface area contributed by atoms with E-state index in [0.29, 0.717) is 23.1 Å². The number of hydrogen-bond donors (Lipinski definition) is 2. The lowest BCUT2D eigenvalue weighted by molar-refractivity contribution is -0.121. The zero-order valence-electron chi connectivity index (χ0n) is 11.1. The SMILES string of the molecule is O=C(Cc1ccccc1Cl)NCC1(O)CSCCSC1. The van der Waals surface area contributed by atoms with Crippen LogP contribution in [-0.2, 0) is 11.2 Å². The Labute approximate surface area is 132 Å². The first-order chi connectivity index (χ1) is 9.59. The summed E-state index contributed by atoms with van der Waals surface area (Å²) in [6, 6.07) is 7.32. The minimum atomic E-state index is -0.804. The van der Waals surface area contributed by atoms with Gasteiger partial charge in [-0.25, -0.2) is 0 Å². The zero-order chi connectivity index (χ0) is 14.4. The maximum atomic E-state index is 11.9. The van der Waals surface area contributed by atoms with E-state index in [4.69, 9.17) is 11.6 Å². The van der Waals surface area contributed by atoms with Crippen LogP contribution in [-0.4, -0.2) is 46.2 Å². The summed E-state index contributed by atoms with van der Waals surface area (Å²) in [4.78, 5) is 11.9. The van der Waals surface area contributed by atoms with Gasteiger partial charge in [-0.05, 0) is 11.6 Å². The molecule has 1 amide bonds. The van der Waals surface area contributed by atoms with Crippen molar-refractivity contribution in [3.05, 3.63) is 34.9 Å². The summed E-state index contributed by atoms with van der Waals surface area (Å²) in [5.74, 6) is 3.35. The molecule has 0 radical (unpaired) electrons. The Morgan fingerprint density at radius 2 is 1.95 bits per heavy atom. The van der Waals surface area contributed by atoms with Crippen molar-refractivity contribution >= 4 is 41.0 Å². The van der Waals surface area contributed by atoms with E-state index in [9.17, 15) is 9.90 Å². The molecule has 20 heavy (non-hydrogen) atoms. The standard InChI is InChI=1S/C14H18ClNO2S2/c15-12-4-2-1-3-11(12)7-13(17)16-8-14(18)9-19-5-6-20-10-14/h1-4,18H,5-10H2,(H,16,17). The number of hydrogen-bond acceptors (Lipinski definition) is 4. The molecule has 0 aliphatic carbocycles. The number of thioether (sulfide) groups is 2. The molecular formula is C14H18ClNO2S2. The lowest BCUT2D eigenvalue weighted by atomic mass is 10.1. The Hall–Kier alpha value is -0.360. The van der Waals surface area contributed by atoms with E-state index in [-0.39, 0.29) is 12.3 Å². The molecule has 0 atom stereocenters. The van der Waals surface area contributed by atoms with Gasteiger partial charge in [-0.3, -0.25) is 4.79 Å². The zero-order valence-corrected chi connectivity index (χ0v) is 13.5. The molecule has 2 rings (SSSR count). The van der Waals surface area contributed by atoms with E-state index in [2.05, 4.69) is 5.32 Å². The molecule has 1 aromatic carbocycles. The van der Waals surface area contributed by atoms with Gasteiger partial charge in [-0.2, -0.15) is 23.5 Å². The predicted octanol–water partition coefficient (Wildman–Crippen LogP) is 2.21. The second-order valence-electron chi connectivity index (χ2n) is 4.87. The highest BCUT2D eigenvalue weighted by atomic mass is 35.5. The van der Waals surface area contributed by atoms with Crippen LogP contribution in [0.4, 0.5) is 0 Å². The average molecular weight is 332 g/mol. The number of carbonyl (C=O) groups is 1. The number of amides is 1. The Morgan fingerprint density at radius 1 is 1.30 bits per heavy atom. The van der Waals surface area contributed by atoms with E-state index < -0.39 is 5.60 Å². The quantitative estimate of drug-likeness (QED) is 0.888. The van der Waals surface area contributed by atoms with Crippen molar-refractivity contribution in [3.8, 4) is 0 Å². The first-order valence-electron chi connectivity index (χ1n) is 6.47. The molecular weight excluding hydrogens is 314 g/mol. The number of benzene rings is 1. The van der Waals surface area contributed by atoms with Crippen LogP contribution in [0.15, 0.2) is 24.3 Å². The first kappa shape index (κ1) is 16.0. The Bertz CT molecular complexity index is 462. The monoisotopic (exact) mass is 331 g/mol. The van der Waals surface area contributed by atoms with Crippen LogP contribution < -0.4 is 5.32 Å². The van der Waals surface area contributed by atoms with Gasteiger partial charge in [0.15, 0.2) is 0 Å². The molecule has 0 bridgehead atoms. The topological polar surface area (TPSA) is 49.3 Å². The van der Waals surface area contributed by atoms with E-state index in [1.807, 2.05) is 18.2 Å². The minimum Gasteiger partial charge on any atom is -0.386 e. The molecule has 1 saturated heterocycles. The van der Waals surface area contributed by atoms with E-state index in [0.717, 1.165) is 17.1 Å². The normalized spacial score (nSPS) is 18.3. The lowest BCUT2D eigenvalue weighted by Gasteiger charge is -2.25. The van der Waals surface area contributed by atoms with Gasteiger partial charge in [-0.15, -0.1) is 0 Å². The van der Waals surface area contributed by atoms with Crippen LogP contribution in [0.25, 0.3) is 0 Å². The predicted molar refractivity (Wildman–Crippen MR) is 87.8 cm³/mol. The number of aliphatic hydroxyl groups is 1. The summed E-state index contributed by atoms with van der Waals surface area (Å²) >= 11 is 9.51. The molecule has 0 aromatic heterocycles. The fourth-order valence-electron chi connectivity index (χ4n) is 1.93. The highest BCUT2D eigenvalue weighted by Crippen LogP contribution is 2.24. The smallest absolute Gasteiger partial charge is 0.224 e. The number of nitrogens with one attached hydrogen (secondary N) is 1. The Balaban J connectivity index is 1.84. The summed E-state index contributed by atoms with van der Waals surface area (Å²) < 4.78 is 0. The molecule has 110 valence electrons. The van der Waals surface area contributed by atoms with Gasteiger partial charge in [0.2, 0.25) is 5.91 Å². The summed E-state index contributed by atoms with van der Waals surface area (Å²) in [6.07, 6.45) is 0.246. The molecule has 1 heterocycles. The molecule has 2 N–H and O–H groups in total. The third kappa shape index (κ3) is 4.88. The summed E-state index contributed by atoms with van der Waals surface area (Å²) in [7, 11) is 0. The van der Waals surface area contributed by atoms with Crippen molar-refractivity contribution in [2.45, 2.75) is 12.0 Å². The third-order valence-corrected chi connectivity index (χ3v) is 6.13. The Kier molecular flexibility index (Phi) is 6.08. The minimum absolute atomic E-state index is 0.106. The first-order valence-corrected chi connectivity index (χ1v) is 9.16. The number of carbonyl (C=O) groups excluding carboxylic acids is 1. The van der Waals surface area contributed by atoms with Crippen molar-refractivity contribution in [2.24, 2.45) is 0 Å². The molecule has 0 spiro atoms. The molecule has 1 aliphatic rings. The van der Waals surface area contributed by atoms with Crippen molar-refractivity contribution in [1.29, 1.82) is 0 Å². The summed E-state index contributed by atoms with van der Waals surface area (Å²) in [6.45, 7) is 0.302. The van der Waals surface area contributed by atoms with Gasteiger partial charge in [0.25, 0.3) is 0 Å². The van der Waals surface area contributed by atoms with Crippen molar-refractivity contribution in [1.82, 2.24) is 5.32 Å². The van der Waals surface area contributed by atoms with E-state index in [1.54, 1.807) is 29.6 Å². The van der Waals surface area contributed by atoms with E-state index >= 15 is 0 Å². The molecule has 6 heteroatoms. The second kappa shape index (κ2) is 7.59. The second-order valence-corrected chi connectivity index (χ2v) is 7.49. The molecule has 0 saturated carbocycles. The van der Waals surface area contributed by atoms with Gasteiger partial charge in [0.1, 0.15) is 0 Å². The van der Waals surface area contributed by atoms with Crippen LogP contribution in [0.5, 0.6) is 0 Å². The molecule has 1 fully saturated rings. The van der Waals surface area contributed by atoms with Crippen LogP contribution >= 0.6 is 35.1 Å². The summed E-state index contributed by atoms with van der Waals surface area (Å²) in [5, 5.41) is 13.9. The van der Waals surface area contributed by atoms with Crippen LogP contribution in [0.1, 0.15) is 5.56 Å². The van der Waals surface area contributed by atoms with Gasteiger partial charge in [0, 0.05) is 34.6 Å². The largest absolute Gasteiger partial charge is 0.386 e. The fourth-order valence-corrected chi connectivity index (χ4v) is 4.66. The third-order valence-electron chi connectivity index (χ3n) is 3.04. The molecule has 1 aliphatic heterocycles. The maximum absolute atomic E-state index is 11.9. The highest BCUT2D eigenvalue weighted by molar-refractivity contribution is 8.03. The van der Waals surface area contributed by atoms with Gasteiger partial charge < -0.3 is 10.4 Å². The summed E-state index contributed by atoms with van der Waals surface area (Å²) in [5.41, 5.74) is 0.00499. The van der Waals surface area contributed by atoms with Crippen LogP contribution in [0.2, 0.25) is 5.02 Å².